The van der Waals surface area contributed by atoms with Crippen molar-refractivity contribution in [1.29, 1.82) is 0 Å². The SMILES string of the molecule is FC(F)(F)Oc1ccc(C=NNc2c3ccccc3nc3ccccc23)cc1. The summed E-state index contributed by atoms with van der Waals surface area (Å²) < 4.78 is 40.5. The molecule has 4 nitrogen and oxygen atoms in total. The summed E-state index contributed by atoms with van der Waals surface area (Å²) in [6.45, 7) is 0. The molecule has 28 heavy (non-hydrogen) atoms. The van der Waals surface area contributed by atoms with Gasteiger partial charge in [0.25, 0.3) is 0 Å². The minimum atomic E-state index is -4.71. The molecule has 3 aromatic carbocycles. The molecule has 1 aromatic heterocycles. The third-order valence-electron chi connectivity index (χ3n) is 4.09. The molecule has 0 amide bonds. The van der Waals surface area contributed by atoms with Crippen molar-refractivity contribution in [2.75, 3.05) is 5.43 Å². The monoisotopic (exact) mass is 381 g/mol. The van der Waals surface area contributed by atoms with E-state index in [4.69, 9.17) is 0 Å². The summed E-state index contributed by atoms with van der Waals surface area (Å²) >= 11 is 0. The van der Waals surface area contributed by atoms with Crippen LogP contribution in [-0.2, 0) is 0 Å². The number of nitrogens with one attached hydrogen (secondary N) is 1. The standard InChI is InChI=1S/C21H14F3N3O/c22-21(23,24)28-15-11-9-14(10-12-15)13-25-27-20-16-5-1-3-7-18(16)26-19-8-4-2-6-17(19)20/h1-13H,(H,26,27). The van der Waals surface area contributed by atoms with Crippen molar-refractivity contribution in [1.82, 2.24) is 4.98 Å². The third kappa shape index (κ3) is 3.88. The van der Waals surface area contributed by atoms with Gasteiger partial charge in [0.15, 0.2) is 0 Å². The van der Waals surface area contributed by atoms with Gasteiger partial charge in [-0.2, -0.15) is 5.10 Å². The molecule has 0 unspecified atom stereocenters. The fraction of sp³-hybridized carbons (Fsp3) is 0.0476. The highest BCUT2D eigenvalue weighted by Crippen LogP contribution is 2.30. The van der Waals surface area contributed by atoms with Crippen molar-refractivity contribution in [3.05, 3.63) is 78.4 Å². The van der Waals surface area contributed by atoms with Crippen LogP contribution >= 0.6 is 0 Å². The van der Waals surface area contributed by atoms with E-state index in [1.165, 1.54) is 30.5 Å². The summed E-state index contributed by atoms with van der Waals surface area (Å²) in [7, 11) is 0. The Kier molecular flexibility index (Phi) is 4.57. The van der Waals surface area contributed by atoms with Crippen LogP contribution in [0.15, 0.2) is 77.9 Å². The number of halogens is 3. The largest absolute Gasteiger partial charge is 0.573 e. The van der Waals surface area contributed by atoms with Gasteiger partial charge < -0.3 is 4.74 Å². The highest BCUT2D eigenvalue weighted by atomic mass is 19.4. The normalized spacial score (nSPS) is 12.0. The van der Waals surface area contributed by atoms with E-state index in [0.29, 0.717) is 5.56 Å². The van der Waals surface area contributed by atoms with Gasteiger partial charge in [-0.1, -0.05) is 36.4 Å². The zero-order valence-electron chi connectivity index (χ0n) is 14.4. The Balaban J connectivity index is 1.61. The molecule has 4 rings (SSSR count). The van der Waals surface area contributed by atoms with Crippen LogP contribution in [0.3, 0.4) is 0 Å². The molecule has 4 aromatic rings. The number of ether oxygens (including phenoxy) is 1. The summed E-state index contributed by atoms with van der Waals surface area (Å²) in [5.41, 5.74) is 6.17. The number of rotatable bonds is 4. The molecule has 7 heteroatoms. The second-order valence-electron chi connectivity index (χ2n) is 6.01. The van der Waals surface area contributed by atoms with Gasteiger partial charge in [0, 0.05) is 10.8 Å². The number of hydrogen-bond acceptors (Lipinski definition) is 4. The zero-order chi connectivity index (χ0) is 19.6. The van der Waals surface area contributed by atoms with Crippen LogP contribution in [0.1, 0.15) is 5.56 Å². The van der Waals surface area contributed by atoms with Gasteiger partial charge in [0.1, 0.15) is 5.75 Å². The van der Waals surface area contributed by atoms with E-state index in [1.54, 1.807) is 0 Å². The number of anilines is 1. The summed E-state index contributed by atoms with van der Waals surface area (Å²) in [5.74, 6) is -0.274. The van der Waals surface area contributed by atoms with Gasteiger partial charge in [-0.05, 0) is 42.0 Å². The fourth-order valence-corrected chi connectivity index (χ4v) is 2.89. The van der Waals surface area contributed by atoms with Crippen LogP contribution in [0, 0.1) is 0 Å². The number of benzene rings is 3. The Morgan fingerprint density at radius 2 is 1.39 bits per heavy atom. The van der Waals surface area contributed by atoms with E-state index in [-0.39, 0.29) is 5.75 Å². The van der Waals surface area contributed by atoms with Crippen LogP contribution in [0.2, 0.25) is 0 Å². The zero-order valence-corrected chi connectivity index (χ0v) is 14.4. The number of hydrazone groups is 1. The number of para-hydroxylation sites is 2. The van der Waals surface area contributed by atoms with E-state index in [9.17, 15) is 13.2 Å². The Morgan fingerprint density at radius 3 is 1.96 bits per heavy atom. The van der Waals surface area contributed by atoms with Crippen molar-refractivity contribution in [2.24, 2.45) is 5.10 Å². The molecule has 1 heterocycles. The average molecular weight is 381 g/mol. The van der Waals surface area contributed by atoms with Crippen LogP contribution in [0.4, 0.5) is 18.9 Å². The average Bonchev–Trinajstić information content (AvgIpc) is 2.67. The lowest BCUT2D eigenvalue weighted by Gasteiger charge is -2.10. The smallest absolute Gasteiger partial charge is 0.406 e. The summed E-state index contributed by atoms with van der Waals surface area (Å²) in [6, 6.07) is 20.9. The number of nitrogens with zero attached hydrogens (tertiary/aromatic N) is 2. The first-order valence-electron chi connectivity index (χ1n) is 8.42. The highest BCUT2D eigenvalue weighted by molar-refractivity contribution is 6.07. The summed E-state index contributed by atoms with van der Waals surface area (Å²) in [6.07, 6.45) is -3.18. The Labute approximate surface area is 158 Å². The fourth-order valence-electron chi connectivity index (χ4n) is 2.89. The van der Waals surface area contributed by atoms with Crippen molar-refractivity contribution >= 4 is 33.7 Å². The first-order chi connectivity index (χ1) is 13.5. The maximum atomic E-state index is 12.2. The van der Waals surface area contributed by atoms with Crippen molar-refractivity contribution in [2.45, 2.75) is 6.36 Å². The lowest BCUT2D eigenvalue weighted by Crippen LogP contribution is -2.17. The molecule has 0 saturated heterocycles. The van der Waals surface area contributed by atoms with Gasteiger partial charge in [-0.3, -0.25) is 5.43 Å². The first kappa shape index (κ1) is 17.8. The molecule has 0 radical (unpaired) electrons. The minimum absolute atomic E-state index is 0.274. The van der Waals surface area contributed by atoms with Crippen molar-refractivity contribution < 1.29 is 17.9 Å². The Bertz CT molecular complexity index is 1100. The third-order valence-corrected chi connectivity index (χ3v) is 4.09. The number of hydrogen-bond donors (Lipinski definition) is 1. The van der Waals surface area contributed by atoms with E-state index < -0.39 is 6.36 Å². The van der Waals surface area contributed by atoms with Gasteiger partial charge in [0.2, 0.25) is 0 Å². The molecule has 0 saturated carbocycles. The quantitative estimate of drug-likeness (QED) is 0.279. The predicted molar refractivity (Wildman–Crippen MR) is 104 cm³/mol. The maximum Gasteiger partial charge on any atom is 0.573 e. The van der Waals surface area contributed by atoms with E-state index in [2.05, 4.69) is 20.2 Å². The molecule has 0 spiro atoms. The Morgan fingerprint density at radius 1 is 0.821 bits per heavy atom. The molecule has 0 atom stereocenters. The maximum absolute atomic E-state index is 12.2. The molecular formula is C21H14F3N3O. The summed E-state index contributed by atoms with van der Waals surface area (Å²) in [4.78, 5) is 4.65. The van der Waals surface area contributed by atoms with Gasteiger partial charge in [0.05, 0.1) is 22.9 Å². The molecule has 1 N–H and O–H groups in total. The van der Waals surface area contributed by atoms with Gasteiger partial charge >= 0.3 is 6.36 Å². The van der Waals surface area contributed by atoms with Crippen LogP contribution < -0.4 is 10.2 Å². The lowest BCUT2D eigenvalue weighted by atomic mass is 10.1. The predicted octanol–water partition coefficient (Wildman–Crippen LogP) is 5.73. The summed E-state index contributed by atoms with van der Waals surface area (Å²) in [5, 5.41) is 6.10. The van der Waals surface area contributed by atoms with Crippen LogP contribution in [0.25, 0.3) is 21.8 Å². The molecule has 0 bridgehead atoms. The molecule has 0 aliphatic heterocycles. The second-order valence-corrected chi connectivity index (χ2v) is 6.01. The minimum Gasteiger partial charge on any atom is -0.406 e. The highest BCUT2D eigenvalue weighted by Gasteiger charge is 2.30. The number of pyridine rings is 1. The van der Waals surface area contributed by atoms with E-state index in [1.807, 2.05) is 48.5 Å². The Hall–Kier alpha value is -3.61. The first-order valence-corrected chi connectivity index (χ1v) is 8.42. The van der Waals surface area contributed by atoms with Crippen molar-refractivity contribution in [3.63, 3.8) is 0 Å². The van der Waals surface area contributed by atoms with Crippen LogP contribution in [-0.4, -0.2) is 17.6 Å². The molecule has 0 aliphatic rings. The second kappa shape index (κ2) is 7.19. The van der Waals surface area contributed by atoms with Gasteiger partial charge in [-0.15, -0.1) is 13.2 Å². The van der Waals surface area contributed by atoms with E-state index >= 15 is 0 Å². The molecular weight excluding hydrogens is 367 g/mol. The van der Waals surface area contributed by atoms with E-state index in [0.717, 1.165) is 27.5 Å². The molecule has 0 fully saturated rings. The number of alkyl halides is 3. The van der Waals surface area contributed by atoms with Crippen LogP contribution in [0.5, 0.6) is 5.75 Å². The van der Waals surface area contributed by atoms with Gasteiger partial charge in [-0.25, -0.2) is 4.98 Å². The number of fused-ring (bicyclic) bond motifs is 2. The lowest BCUT2D eigenvalue weighted by molar-refractivity contribution is -0.274. The topological polar surface area (TPSA) is 46.5 Å². The van der Waals surface area contributed by atoms with Crippen molar-refractivity contribution in [3.8, 4) is 5.75 Å². The molecule has 0 aliphatic carbocycles. The molecule has 140 valence electrons. The number of aromatic nitrogens is 1.